The summed E-state index contributed by atoms with van der Waals surface area (Å²) in [5.41, 5.74) is 0.544. The van der Waals surface area contributed by atoms with Gasteiger partial charge < -0.3 is 0 Å². The second kappa shape index (κ2) is 22.3. The van der Waals surface area contributed by atoms with E-state index in [2.05, 4.69) is 28.0 Å². The molecule has 52 heavy (non-hydrogen) atoms. The molecule has 0 aliphatic heterocycles. The quantitative estimate of drug-likeness (QED) is 0.150. The van der Waals surface area contributed by atoms with Crippen molar-refractivity contribution in [2.75, 3.05) is 18.8 Å². The van der Waals surface area contributed by atoms with Crippen LogP contribution in [0.1, 0.15) is 92.2 Å². The zero-order valence-corrected chi connectivity index (χ0v) is 29.5. The molecular formula is C31H39F6N9O3S3. The third-order valence-corrected chi connectivity index (χ3v) is 11.9. The minimum absolute atomic E-state index is 0. The molecule has 0 aliphatic carbocycles. The minimum atomic E-state index is -2.71. The summed E-state index contributed by atoms with van der Waals surface area (Å²) in [4.78, 5) is 10.7. The number of aromatic nitrogens is 3. The van der Waals surface area contributed by atoms with Crippen molar-refractivity contribution in [3.05, 3.63) is 88.8 Å². The van der Waals surface area contributed by atoms with Gasteiger partial charge in [0.15, 0.2) is 0 Å². The van der Waals surface area contributed by atoms with Crippen molar-refractivity contribution in [3.63, 3.8) is 0 Å². The number of hydrogen-bond acceptors (Lipinski definition) is 12. The number of pyridine rings is 3. The van der Waals surface area contributed by atoms with Crippen LogP contribution in [0.2, 0.25) is 0 Å². The van der Waals surface area contributed by atoms with Crippen molar-refractivity contribution in [3.8, 4) is 18.6 Å². The van der Waals surface area contributed by atoms with E-state index in [1.807, 2.05) is 0 Å². The standard InChI is InChI=1S/2C10H11F2N3OS.C9H9F2N3OS.2CH4/c2*1-7(17(2,16)15-6-13)8-3-4-9(10(11)12)14-5-8;1-16(15,14-6-12)5-7-2-3-8(9(10)11)13-4-7;;/h2*3-5,7,10H,1-2H3;2-4,9H,5H2,1H3;2*1H4. The summed E-state index contributed by atoms with van der Waals surface area (Å²) in [6, 6.07) is 7.79. The molecule has 0 fully saturated rings. The largest absolute Gasteiger partial charge is 0.280 e. The van der Waals surface area contributed by atoms with Crippen LogP contribution in [0.15, 0.2) is 68.1 Å². The van der Waals surface area contributed by atoms with Gasteiger partial charge in [-0.25, -0.2) is 39.0 Å². The molecule has 0 spiro atoms. The van der Waals surface area contributed by atoms with Gasteiger partial charge in [-0.2, -0.15) is 15.8 Å². The fourth-order valence-electron chi connectivity index (χ4n) is 3.48. The number of rotatable bonds is 9. The molecule has 0 N–H and O–H groups in total. The second-order valence-electron chi connectivity index (χ2n) is 10.2. The van der Waals surface area contributed by atoms with Crippen molar-refractivity contribution < 1.29 is 39.0 Å². The number of hydrogen-bond donors (Lipinski definition) is 0. The minimum Gasteiger partial charge on any atom is -0.255 e. The molecule has 0 saturated heterocycles. The molecular weight excluding hydrogens is 757 g/mol. The summed E-state index contributed by atoms with van der Waals surface area (Å²) in [6.07, 6.45) is 4.30. The van der Waals surface area contributed by atoms with Crippen LogP contribution in [0, 0.1) is 34.4 Å². The van der Waals surface area contributed by atoms with Crippen LogP contribution < -0.4 is 0 Å². The molecule has 12 nitrogen and oxygen atoms in total. The van der Waals surface area contributed by atoms with E-state index < -0.39 is 59.0 Å². The number of nitriles is 3. The van der Waals surface area contributed by atoms with Gasteiger partial charge in [-0.3, -0.25) is 15.0 Å². The van der Waals surface area contributed by atoms with Crippen LogP contribution >= 0.6 is 0 Å². The van der Waals surface area contributed by atoms with Crippen molar-refractivity contribution in [2.45, 2.75) is 64.2 Å². The third kappa shape index (κ3) is 16.1. The van der Waals surface area contributed by atoms with Gasteiger partial charge in [0, 0.05) is 37.4 Å². The normalized spacial score (nSPS) is 14.8. The van der Waals surface area contributed by atoms with Gasteiger partial charge in [0.2, 0.25) is 18.6 Å². The maximum atomic E-state index is 12.3. The zero-order chi connectivity index (χ0) is 38.3. The van der Waals surface area contributed by atoms with E-state index in [0.717, 1.165) is 0 Å². The molecule has 0 bridgehead atoms. The van der Waals surface area contributed by atoms with E-state index in [4.69, 9.17) is 15.8 Å². The highest BCUT2D eigenvalue weighted by atomic mass is 32.2. The van der Waals surface area contributed by atoms with Crippen molar-refractivity contribution in [1.29, 1.82) is 15.8 Å². The van der Waals surface area contributed by atoms with Crippen molar-refractivity contribution in [2.24, 2.45) is 13.1 Å². The highest BCUT2D eigenvalue weighted by Crippen LogP contribution is 2.25. The van der Waals surface area contributed by atoms with Gasteiger partial charge in [0.25, 0.3) is 19.3 Å². The lowest BCUT2D eigenvalue weighted by Gasteiger charge is -2.12. The Kier molecular flexibility index (Phi) is 21.2. The fourth-order valence-corrected chi connectivity index (χ4v) is 6.43. The predicted octanol–water partition coefficient (Wildman–Crippen LogP) is 8.69. The molecule has 3 rings (SSSR count). The lowest BCUT2D eigenvalue weighted by molar-refractivity contribution is 0.145. The van der Waals surface area contributed by atoms with Crippen LogP contribution in [-0.2, 0) is 34.9 Å². The Morgan fingerprint density at radius 2 is 0.923 bits per heavy atom. The highest BCUT2D eigenvalue weighted by molar-refractivity contribution is 7.93. The Hall–Kier alpha value is -4.65. The molecule has 5 atom stereocenters. The molecule has 5 unspecified atom stereocenters. The first-order valence-electron chi connectivity index (χ1n) is 13.7. The van der Waals surface area contributed by atoms with E-state index in [0.29, 0.717) is 16.7 Å². The molecule has 0 radical (unpaired) electrons. The maximum absolute atomic E-state index is 12.3. The van der Waals surface area contributed by atoms with Gasteiger partial charge in [-0.05, 0) is 48.7 Å². The molecule has 3 aromatic heterocycles. The first-order valence-corrected chi connectivity index (χ1v) is 19.7. The van der Waals surface area contributed by atoms with Gasteiger partial charge in [0.05, 0.1) is 45.4 Å². The summed E-state index contributed by atoms with van der Waals surface area (Å²) >= 11 is 0. The Labute approximate surface area is 301 Å². The Balaban J connectivity index is 0. The monoisotopic (exact) mass is 795 g/mol. The number of alkyl halides is 6. The second-order valence-corrected chi connectivity index (χ2v) is 17.8. The predicted molar refractivity (Wildman–Crippen MR) is 188 cm³/mol. The van der Waals surface area contributed by atoms with Crippen LogP contribution in [0.4, 0.5) is 26.3 Å². The van der Waals surface area contributed by atoms with E-state index >= 15 is 0 Å². The summed E-state index contributed by atoms with van der Waals surface area (Å²) in [5, 5.41) is 24.0. The van der Waals surface area contributed by atoms with Crippen LogP contribution in [0.3, 0.4) is 0 Å². The smallest absolute Gasteiger partial charge is 0.255 e. The average Bonchev–Trinajstić information content (AvgIpc) is 3.04. The van der Waals surface area contributed by atoms with E-state index in [1.54, 1.807) is 13.8 Å². The lowest BCUT2D eigenvalue weighted by Crippen LogP contribution is -2.08. The Morgan fingerprint density at radius 3 is 1.17 bits per heavy atom. The topological polar surface area (TPSA) is 198 Å². The number of nitrogens with zero attached hydrogens (tertiary/aromatic N) is 9. The first kappa shape index (κ1) is 49.5. The van der Waals surface area contributed by atoms with Gasteiger partial charge in [0.1, 0.15) is 17.1 Å². The molecule has 21 heteroatoms. The summed E-state index contributed by atoms with van der Waals surface area (Å²) in [6.45, 7) is 3.23. The van der Waals surface area contributed by atoms with E-state index in [9.17, 15) is 39.0 Å². The van der Waals surface area contributed by atoms with Crippen molar-refractivity contribution >= 4 is 29.2 Å². The van der Waals surface area contributed by atoms with E-state index in [1.165, 1.54) is 92.3 Å². The lowest BCUT2D eigenvalue weighted by atomic mass is 10.2. The molecule has 286 valence electrons. The molecule has 0 amide bonds. The molecule has 3 aromatic rings. The molecule has 0 saturated carbocycles. The Morgan fingerprint density at radius 1 is 0.596 bits per heavy atom. The van der Waals surface area contributed by atoms with Crippen LogP contribution in [0.25, 0.3) is 0 Å². The zero-order valence-electron chi connectivity index (χ0n) is 27.0. The molecule has 3 heterocycles. The average molecular weight is 796 g/mol. The van der Waals surface area contributed by atoms with Crippen molar-refractivity contribution in [1.82, 2.24) is 15.0 Å². The summed E-state index contributed by atoms with van der Waals surface area (Å²) < 4.78 is 119. The third-order valence-electron chi connectivity index (χ3n) is 6.50. The molecule has 0 aliphatic rings. The van der Waals surface area contributed by atoms with Gasteiger partial charge >= 0.3 is 0 Å². The SMILES string of the molecule is C.C.CC(c1ccc(C(F)F)nc1)S(C)(=O)=NC#N.CC(c1ccc(C(F)F)nc1)S(C)(=O)=NC#N.CS(=O)(Cc1ccc(C(F)F)nc1)=NC#N. The summed E-state index contributed by atoms with van der Waals surface area (Å²) in [5.74, 6) is 0.0249. The fraction of sp³-hybridized carbons (Fsp3) is 0.419. The van der Waals surface area contributed by atoms with Crippen LogP contribution in [0.5, 0.6) is 0 Å². The van der Waals surface area contributed by atoms with E-state index in [-0.39, 0.29) is 37.7 Å². The highest BCUT2D eigenvalue weighted by Gasteiger charge is 2.19. The summed E-state index contributed by atoms with van der Waals surface area (Å²) in [7, 11) is -8.05. The van der Waals surface area contributed by atoms with Crippen LogP contribution in [-0.4, -0.2) is 46.3 Å². The number of halogens is 6. The molecule has 0 aromatic carbocycles. The Bertz CT molecular complexity index is 1970. The first-order chi connectivity index (χ1) is 23.2. The maximum Gasteiger partial charge on any atom is 0.280 e. The van der Waals surface area contributed by atoms with Gasteiger partial charge in [-0.15, -0.1) is 13.1 Å². The van der Waals surface area contributed by atoms with Gasteiger partial charge in [-0.1, -0.05) is 33.1 Å².